The molecule has 1 saturated heterocycles. The quantitative estimate of drug-likeness (QED) is 0.592. The van der Waals surface area contributed by atoms with Crippen molar-refractivity contribution < 1.29 is 13.2 Å². The van der Waals surface area contributed by atoms with Crippen molar-refractivity contribution >= 4 is 77.2 Å². The van der Waals surface area contributed by atoms with Gasteiger partial charge < -0.3 is 5.32 Å². The molecule has 6 nitrogen and oxygen atoms in total. The number of benzene rings is 1. The molecule has 1 aromatic carbocycles. The van der Waals surface area contributed by atoms with Crippen LogP contribution in [0, 0.1) is 5.92 Å². The third-order valence-electron chi connectivity index (χ3n) is 4.59. The zero-order chi connectivity index (χ0) is 19.9. The Labute approximate surface area is 180 Å². The first-order valence-electron chi connectivity index (χ1n) is 8.45. The minimum Gasteiger partial charge on any atom is -0.302 e. The zero-order valence-corrected chi connectivity index (χ0v) is 18.4. The summed E-state index contributed by atoms with van der Waals surface area (Å²) in [5, 5.41) is 6.00. The Hall–Kier alpha value is -1.23. The molecule has 1 aliphatic rings. The first-order chi connectivity index (χ1) is 13.4. The summed E-state index contributed by atoms with van der Waals surface area (Å²) in [6, 6.07) is 6.68. The van der Waals surface area contributed by atoms with E-state index in [1.165, 1.54) is 27.0 Å². The molecule has 0 saturated carbocycles. The first-order valence-corrected chi connectivity index (χ1v) is 12.3. The first kappa shape index (κ1) is 20.1. The number of carbonyl (C=O) groups is 1. The Kier molecular flexibility index (Phi) is 5.65. The van der Waals surface area contributed by atoms with Gasteiger partial charge in [-0.1, -0.05) is 40.6 Å². The van der Waals surface area contributed by atoms with Crippen molar-refractivity contribution in [2.24, 2.45) is 5.92 Å². The predicted molar refractivity (Wildman–Crippen MR) is 114 cm³/mol. The van der Waals surface area contributed by atoms with Crippen molar-refractivity contribution in [3.63, 3.8) is 0 Å². The number of halogens is 2. The lowest BCUT2D eigenvalue weighted by molar-refractivity contribution is -0.120. The lowest BCUT2D eigenvalue weighted by Gasteiger charge is -2.29. The highest BCUT2D eigenvalue weighted by atomic mass is 35.5. The van der Waals surface area contributed by atoms with E-state index in [0.29, 0.717) is 50.8 Å². The van der Waals surface area contributed by atoms with Gasteiger partial charge in [0.1, 0.15) is 9.73 Å². The number of amides is 1. The fourth-order valence-electron chi connectivity index (χ4n) is 3.10. The van der Waals surface area contributed by atoms with E-state index < -0.39 is 10.0 Å². The number of thiophene rings is 1. The molecule has 3 heterocycles. The molecule has 0 unspecified atom stereocenters. The lowest BCUT2D eigenvalue weighted by atomic mass is 9.97. The minimum absolute atomic E-state index is 0.167. The van der Waals surface area contributed by atoms with Gasteiger partial charge in [-0.3, -0.25) is 4.79 Å². The van der Waals surface area contributed by atoms with E-state index in [1.54, 1.807) is 29.6 Å². The van der Waals surface area contributed by atoms with Crippen molar-refractivity contribution in [2.75, 3.05) is 18.4 Å². The molecule has 148 valence electrons. The van der Waals surface area contributed by atoms with E-state index in [0.717, 1.165) is 4.70 Å². The maximum atomic E-state index is 12.6. The average molecular weight is 476 g/mol. The van der Waals surface area contributed by atoms with E-state index in [2.05, 4.69) is 10.3 Å². The van der Waals surface area contributed by atoms with Gasteiger partial charge in [-0.25, -0.2) is 13.4 Å². The summed E-state index contributed by atoms with van der Waals surface area (Å²) in [6.07, 6.45) is 0.922. The number of rotatable bonds is 4. The number of thiazole rings is 1. The number of nitrogens with one attached hydrogen (secondary N) is 1. The van der Waals surface area contributed by atoms with E-state index in [4.69, 9.17) is 23.2 Å². The average Bonchev–Trinajstić information content (AvgIpc) is 3.36. The van der Waals surface area contributed by atoms with Crippen LogP contribution in [0.2, 0.25) is 10.0 Å². The fourth-order valence-corrected chi connectivity index (χ4v) is 7.14. The topological polar surface area (TPSA) is 79.4 Å². The Morgan fingerprint density at radius 3 is 2.54 bits per heavy atom. The second-order valence-corrected chi connectivity index (χ2v) is 11.3. The largest absolute Gasteiger partial charge is 0.302 e. The molecule has 0 bridgehead atoms. The summed E-state index contributed by atoms with van der Waals surface area (Å²) in [4.78, 5) is 17.0. The predicted octanol–water partition coefficient (Wildman–Crippen LogP) is 4.70. The number of aromatic nitrogens is 1. The van der Waals surface area contributed by atoms with Crippen LogP contribution in [0.25, 0.3) is 10.2 Å². The number of carbonyl (C=O) groups excluding carboxylic acids is 1. The molecule has 3 aromatic rings. The highest BCUT2D eigenvalue weighted by Crippen LogP contribution is 2.36. The molecule has 1 aliphatic heterocycles. The molecule has 28 heavy (non-hydrogen) atoms. The molecular weight excluding hydrogens is 461 g/mol. The SMILES string of the molecule is O=C(Nc1nc2c(Cl)ccc(Cl)c2s1)C1CCN(S(=O)(=O)c2cccs2)CC1. The van der Waals surface area contributed by atoms with Crippen LogP contribution in [0.15, 0.2) is 33.9 Å². The Bertz CT molecular complexity index is 1080. The van der Waals surface area contributed by atoms with Gasteiger partial charge in [0.25, 0.3) is 10.0 Å². The standard InChI is InChI=1S/C17H15Cl2N3O3S3/c18-11-3-4-12(19)15-14(11)20-17(27-15)21-16(23)10-5-7-22(8-6-10)28(24,25)13-2-1-9-26-13/h1-4,9-10H,5-8H2,(H,20,21,23). The second-order valence-electron chi connectivity index (χ2n) is 6.33. The van der Waals surface area contributed by atoms with Gasteiger partial charge in [0, 0.05) is 19.0 Å². The fraction of sp³-hybridized carbons (Fsp3) is 0.294. The number of piperidine rings is 1. The number of sulfonamides is 1. The molecule has 1 N–H and O–H groups in total. The Morgan fingerprint density at radius 2 is 1.89 bits per heavy atom. The summed E-state index contributed by atoms with van der Waals surface area (Å²) in [7, 11) is -3.47. The molecule has 0 radical (unpaired) electrons. The highest BCUT2D eigenvalue weighted by Gasteiger charge is 2.32. The number of nitrogens with zero attached hydrogens (tertiary/aromatic N) is 2. The van der Waals surface area contributed by atoms with Gasteiger partial charge in [-0.2, -0.15) is 4.31 Å². The van der Waals surface area contributed by atoms with E-state index in [-0.39, 0.29) is 11.8 Å². The summed E-state index contributed by atoms with van der Waals surface area (Å²) < 4.78 is 27.7. The Morgan fingerprint density at radius 1 is 1.18 bits per heavy atom. The van der Waals surface area contributed by atoms with Crippen LogP contribution in [0.5, 0.6) is 0 Å². The maximum Gasteiger partial charge on any atom is 0.252 e. The van der Waals surface area contributed by atoms with E-state index in [9.17, 15) is 13.2 Å². The van der Waals surface area contributed by atoms with Crippen LogP contribution < -0.4 is 5.32 Å². The van der Waals surface area contributed by atoms with Gasteiger partial charge in [0.05, 0.1) is 14.7 Å². The van der Waals surface area contributed by atoms with Crippen LogP contribution >= 0.6 is 45.9 Å². The van der Waals surface area contributed by atoms with Gasteiger partial charge >= 0.3 is 0 Å². The summed E-state index contributed by atoms with van der Waals surface area (Å²) in [6.45, 7) is 0.631. The normalized spacial score (nSPS) is 16.5. The van der Waals surface area contributed by atoms with Crippen molar-refractivity contribution in [2.45, 2.75) is 17.1 Å². The maximum absolute atomic E-state index is 12.6. The van der Waals surface area contributed by atoms with Gasteiger partial charge in [0.2, 0.25) is 5.91 Å². The van der Waals surface area contributed by atoms with Crippen LogP contribution in [-0.2, 0) is 14.8 Å². The smallest absolute Gasteiger partial charge is 0.252 e. The molecule has 4 rings (SSSR count). The number of fused-ring (bicyclic) bond motifs is 1. The van der Waals surface area contributed by atoms with Crippen LogP contribution in [-0.4, -0.2) is 36.7 Å². The van der Waals surface area contributed by atoms with Gasteiger partial charge in [0.15, 0.2) is 5.13 Å². The lowest BCUT2D eigenvalue weighted by Crippen LogP contribution is -2.41. The molecule has 11 heteroatoms. The van der Waals surface area contributed by atoms with Crippen molar-refractivity contribution in [3.05, 3.63) is 39.7 Å². The van der Waals surface area contributed by atoms with Crippen molar-refractivity contribution in [3.8, 4) is 0 Å². The number of anilines is 1. The van der Waals surface area contributed by atoms with Crippen LogP contribution in [0.3, 0.4) is 0 Å². The molecule has 1 amide bonds. The number of hydrogen-bond acceptors (Lipinski definition) is 6. The van der Waals surface area contributed by atoms with E-state index >= 15 is 0 Å². The third-order valence-corrected chi connectivity index (χ3v) is 9.60. The summed E-state index contributed by atoms with van der Waals surface area (Å²) in [5.41, 5.74) is 0.561. The molecular formula is C17H15Cl2N3O3S3. The molecule has 2 aromatic heterocycles. The molecule has 0 aliphatic carbocycles. The van der Waals surface area contributed by atoms with Gasteiger partial charge in [-0.05, 0) is 36.4 Å². The van der Waals surface area contributed by atoms with Crippen LogP contribution in [0.4, 0.5) is 5.13 Å². The van der Waals surface area contributed by atoms with Crippen molar-refractivity contribution in [1.82, 2.24) is 9.29 Å². The monoisotopic (exact) mass is 475 g/mol. The molecule has 0 atom stereocenters. The third kappa shape index (κ3) is 3.79. The number of hydrogen-bond donors (Lipinski definition) is 1. The highest BCUT2D eigenvalue weighted by molar-refractivity contribution is 7.91. The van der Waals surface area contributed by atoms with Crippen LogP contribution in [0.1, 0.15) is 12.8 Å². The summed E-state index contributed by atoms with van der Waals surface area (Å²) >= 11 is 14.8. The molecule has 1 fully saturated rings. The minimum atomic E-state index is -3.47. The summed E-state index contributed by atoms with van der Waals surface area (Å²) in [5.74, 6) is -0.438. The Balaban J connectivity index is 1.42. The second kappa shape index (κ2) is 7.89. The molecule has 0 spiro atoms. The zero-order valence-electron chi connectivity index (χ0n) is 14.4. The van der Waals surface area contributed by atoms with Gasteiger partial charge in [-0.15, -0.1) is 11.3 Å². The van der Waals surface area contributed by atoms with E-state index in [1.807, 2.05) is 0 Å². The van der Waals surface area contributed by atoms with Crippen molar-refractivity contribution in [1.29, 1.82) is 0 Å².